The Morgan fingerprint density at radius 1 is 1.25 bits per heavy atom. The summed E-state index contributed by atoms with van der Waals surface area (Å²) < 4.78 is 5.93. The largest absolute Gasteiger partial charge is 0.373 e. The molecule has 1 saturated carbocycles. The summed E-state index contributed by atoms with van der Waals surface area (Å²) in [4.78, 5) is 0. The molecule has 0 bridgehead atoms. The zero-order chi connectivity index (χ0) is 11.2. The molecule has 1 aromatic carbocycles. The molecule has 2 nitrogen and oxygen atoms in total. The Labute approximate surface area is 98.0 Å². The minimum atomic E-state index is 0.448. The summed E-state index contributed by atoms with van der Waals surface area (Å²) in [6.07, 6.45) is 4.07. The molecule has 2 atom stereocenters. The molecule has 0 aliphatic heterocycles. The molecular formula is C14H21NO. The van der Waals surface area contributed by atoms with E-state index in [4.69, 9.17) is 4.74 Å². The summed E-state index contributed by atoms with van der Waals surface area (Å²) in [6, 6.07) is 11.1. The third-order valence-electron chi connectivity index (χ3n) is 3.21. The van der Waals surface area contributed by atoms with Crippen molar-refractivity contribution in [3.05, 3.63) is 35.9 Å². The molecule has 1 fully saturated rings. The second-order valence-corrected chi connectivity index (χ2v) is 4.49. The summed E-state index contributed by atoms with van der Waals surface area (Å²) in [5, 5.41) is 3.49. The van der Waals surface area contributed by atoms with Crippen LogP contribution in [0.15, 0.2) is 30.3 Å². The van der Waals surface area contributed by atoms with E-state index in [1.807, 2.05) is 6.07 Å². The maximum atomic E-state index is 5.93. The molecule has 0 spiro atoms. The van der Waals surface area contributed by atoms with Crippen molar-refractivity contribution in [1.29, 1.82) is 0 Å². The van der Waals surface area contributed by atoms with Crippen LogP contribution >= 0.6 is 0 Å². The molecule has 0 radical (unpaired) electrons. The first-order valence-electron chi connectivity index (χ1n) is 6.27. The van der Waals surface area contributed by atoms with Crippen LogP contribution < -0.4 is 5.32 Å². The lowest BCUT2D eigenvalue weighted by Gasteiger charge is -2.13. The second kappa shape index (κ2) is 6.02. The molecule has 88 valence electrons. The predicted octanol–water partition coefficient (Wildman–Crippen LogP) is 2.73. The highest BCUT2D eigenvalue weighted by Gasteiger charge is 2.24. The van der Waals surface area contributed by atoms with E-state index in [-0.39, 0.29) is 0 Å². The molecule has 2 rings (SSSR count). The minimum absolute atomic E-state index is 0.448. The van der Waals surface area contributed by atoms with Crippen molar-refractivity contribution in [2.75, 3.05) is 6.54 Å². The van der Waals surface area contributed by atoms with E-state index < -0.39 is 0 Å². The molecular weight excluding hydrogens is 198 g/mol. The topological polar surface area (TPSA) is 21.3 Å². The highest BCUT2D eigenvalue weighted by Crippen LogP contribution is 2.22. The number of ether oxygens (including phenoxy) is 1. The van der Waals surface area contributed by atoms with Crippen LogP contribution in [0.1, 0.15) is 31.7 Å². The summed E-state index contributed by atoms with van der Waals surface area (Å²) in [6.45, 7) is 3.98. The molecule has 2 unspecified atom stereocenters. The van der Waals surface area contributed by atoms with Gasteiger partial charge in [-0.1, -0.05) is 37.3 Å². The third kappa shape index (κ3) is 3.32. The molecule has 16 heavy (non-hydrogen) atoms. The summed E-state index contributed by atoms with van der Waals surface area (Å²) >= 11 is 0. The molecule has 2 heteroatoms. The fraction of sp³-hybridized carbons (Fsp3) is 0.571. The van der Waals surface area contributed by atoms with Gasteiger partial charge in [0, 0.05) is 6.04 Å². The van der Waals surface area contributed by atoms with Gasteiger partial charge in [0.25, 0.3) is 0 Å². The first-order valence-corrected chi connectivity index (χ1v) is 6.27. The zero-order valence-electron chi connectivity index (χ0n) is 9.99. The Kier molecular flexibility index (Phi) is 4.37. The van der Waals surface area contributed by atoms with Crippen molar-refractivity contribution in [2.45, 2.75) is 44.9 Å². The monoisotopic (exact) mass is 219 g/mol. The van der Waals surface area contributed by atoms with Crippen molar-refractivity contribution in [2.24, 2.45) is 0 Å². The van der Waals surface area contributed by atoms with Gasteiger partial charge in [-0.05, 0) is 31.4 Å². The Bertz CT molecular complexity index is 299. The normalized spacial score (nSPS) is 24.8. The molecule has 1 N–H and O–H groups in total. The average Bonchev–Trinajstić information content (AvgIpc) is 2.76. The maximum absolute atomic E-state index is 5.93. The van der Waals surface area contributed by atoms with Gasteiger partial charge >= 0.3 is 0 Å². The van der Waals surface area contributed by atoms with Crippen molar-refractivity contribution in [1.82, 2.24) is 5.32 Å². The molecule has 1 aliphatic rings. The lowest BCUT2D eigenvalue weighted by Crippen LogP contribution is -2.26. The van der Waals surface area contributed by atoms with E-state index in [0.29, 0.717) is 12.1 Å². The number of hydrogen-bond donors (Lipinski definition) is 1. The van der Waals surface area contributed by atoms with E-state index in [1.165, 1.54) is 24.8 Å². The van der Waals surface area contributed by atoms with Crippen molar-refractivity contribution in [3.63, 3.8) is 0 Å². The van der Waals surface area contributed by atoms with Gasteiger partial charge < -0.3 is 10.1 Å². The smallest absolute Gasteiger partial charge is 0.0720 e. The molecule has 0 aromatic heterocycles. The van der Waals surface area contributed by atoms with Crippen LogP contribution in [0.3, 0.4) is 0 Å². The molecule has 1 aliphatic carbocycles. The fourth-order valence-electron chi connectivity index (χ4n) is 2.35. The van der Waals surface area contributed by atoms with E-state index in [9.17, 15) is 0 Å². The van der Waals surface area contributed by atoms with Crippen molar-refractivity contribution < 1.29 is 4.74 Å². The summed E-state index contributed by atoms with van der Waals surface area (Å²) in [5.41, 5.74) is 1.27. The highest BCUT2D eigenvalue weighted by atomic mass is 16.5. The Morgan fingerprint density at radius 2 is 2.06 bits per heavy atom. The Morgan fingerprint density at radius 3 is 2.81 bits per heavy atom. The van der Waals surface area contributed by atoms with Crippen LogP contribution in [-0.2, 0) is 11.3 Å². The average molecular weight is 219 g/mol. The van der Waals surface area contributed by atoms with Gasteiger partial charge in [0.2, 0.25) is 0 Å². The van der Waals surface area contributed by atoms with Crippen LogP contribution in [-0.4, -0.2) is 18.7 Å². The fourth-order valence-corrected chi connectivity index (χ4v) is 2.35. The Hall–Kier alpha value is -0.860. The SMILES string of the molecule is CCNC1CCC(OCc2ccccc2)C1. The van der Waals surface area contributed by atoms with Crippen LogP contribution in [0, 0.1) is 0 Å². The molecule has 1 aromatic rings. The molecule has 0 amide bonds. The lowest BCUT2D eigenvalue weighted by atomic mass is 10.2. The van der Waals surface area contributed by atoms with Crippen LogP contribution in [0.5, 0.6) is 0 Å². The van der Waals surface area contributed by atoms with Gasteiger partial charge in [0.1, 0.15) is 0 Å². The van der Waals surface area contributed by atoms with Gasteiger partial charge in [0.15, 0.2) is 0 Å². The van der Waals surface area contributed by atoms with Gasteiger partial charge in [0.05, 0.1) is 12.7 Å². The summed E-state index contributed by atoms with van der Waals surface area (Å²) in [5.74, 6) is 0. The molecule has 0 heterocycles. The van der Waals surface area contributed by atoms with Gasteiger partial charge in [-0.2, -0.15) is 0 Å². The quantitative estimate of drug-likeness (QED) is 0.822. The lowest BCUT2D eigenvalue weighted by molar-refractivity contribution is 0.0441. The standard InChI is InChI=1S/C14H21NO/c1-2-15-13-8-9-14(10-13)16-11-12-6-4-3-5-7-12/h3-7,13-15H,2,8-11H2,1H3. The minimum Gasteiger partial charge on any atom is -0.373 e. The van der Waals surface area contributed by atoms with Crippen LogP contribution in [0.4, 0.5) is 0 Å². The zero-order valence-corrected chi connectivity index (χ0v) is 9.99. The van der Waals surface area contributed by atoms with Crippen LogP contribution in [0.25, 0.3) is 0 Å². The highest BCUT2D eigenvalue weighted by molar-refractivity contribution is 5.13. The first kappa shape index (κ1) is 11.6. The predicted molar refractivity (Wildman–Crippen MR) is 66.3 cm³/mol. The van der Waals surface area contributed by atoms with E-state index in [2.05, 4.69) is 36.5 Å². The maximum Gasteiger partial charge on any atom is 0.0720 e. The van der Waals surface area contributed by atoms with E-state index in [1.54, 1.807) is 0 Å². The van der Waals surface area contributed by atoms with Crippen molar-refractivity contribution in [3.8, 4) is 0 Å². The van der Waals surface area contributed by atoms with E-state index in [0.717, 1.165) is 13.2 Å². The van der Waals surface area contributed by atoms with Gasteiger partial charge in [-0.3, -0.25) is 0 Å². The number of rotatable bonds is 5. The van der Waals surface area contributed by atoms with Crippen LogP contribution in [0.2, 0.25) is 0 Å². The summed E-state index contributed by atoms with van der Waals surface area (Å²) in [7, 11) is 0. The molecule has 0 saturated heterocycles. The Balaban J connectivity index is 1.72. The first-order chi connectivity index (χ1) is 7.88. The number of hydrogen-bond acceptors (Lipinski definition) is 2. The van der Waals surface area contributed by atoms with E-state index >= 15 is 0 Å². The second-order valence-electron chi connectivity index (χ2n) is 4.49. The number of nitrogens with one attached hydrogen (secondary N) is 1. The van der Waals surface area contributed by atoms with Gasteiger partial charge in [-0.25, -0.2) is 0 Å². The third-order valence-corrected chi connectivity index (χ3v) is 3.21. The number of benzene rings is 1. The van der Waals surface area contributed by atoms with Gasteiger partial charge in [-0.15, -0.1) is 0 Å². The van der Waals surface area contributed by atoms with Crippen molar-refractivity contribution >= 4 is 0 Å².